The Morgan fingerprint density at radius 3 is 2.43 bits per heavy atom. The van der Waals surface area contributed by atoms with Crippen LogP contribution in [0.2, 0.25) is 0 Å². The van der Waals surface area contributed by atoms with E-state index in [0.29, 0.717) is 0 Å². The molecule has 2 rings (SSSR count). The normalized spacial score (nSPS) is 17.2. The third kappa shape index (κ3) is 4.91. The van der Waals surface area contributed by atoms with Crippen LogP contribution in [0.5, 0.6) is 0 Å². The molecule has 23 heavy (non-hydrogen) atoms. The molecule has 1 saturated heterocycles. The van der Waals surface area contributed by atoms with Gasteiger partial charge >= 0.3 is 0 Å². The van der Waals surface area contributed by atoms with E-state index in [0.717, 1.165) is 25.2 Å². The number of likely N-dealkylation sites (tertiary alicyclic amines) is 1. The number of piperidine rings is 1. The van der Waals surface area contributed by atoms with Gasteiger partial charge in [-0.3, -0.25) is 0 Å². The Bertz CT molecular complexity index is 585. The number of anilines is 1. The zero-order chi connectivity index (χ0) is 16.9. The van der Waals surface area contributed by atoms with Crippen LogP contribution < -0.4 is 5.32 Å². The molecule has 0 saturated carbocycles. The third-order valence-corrected chi connectivity index (χ3v) is 6.65. The third-order valence-electron chi connectivity index (χ3n) is 4.25. The van der Waals surface area contributed by atoms with Gasteiger partial charge in [-0.25, -0.2) is 13.4 Å². The SMILES string of the molecule is CC(C)(C)S(=O)(=O)c1ccc(NCCCN2CCCCC2)cn1. The lowest BCUT2D eigenvalue weighted by Crippen LogP contribution is -2.31. The summed E-state index contributed by atoms with van der Waals surface area (Å²) in [5.74, 6) is 0. The van der Waals surface area contributed by atoms with Crippen molar-refractivity contribution in [3.8, 4) is 0 Å². The monoisotopic (exact) mass is 339 g/mol. The van der Waals surface area contributed by atoms with Gasteiger partial charge in [0.1, 0.15) is 0 Å². The fourth-order valence-electron chi connectivity index (χ4n) is 2.68. The summed E-state index contributed by atoms with van der Waals surface area (Å²) in [5.41, 5.74) is 0.872. The number of aromatic nitrogens is 1. The van der Waals surface area contributed by atoms with Crippen molar-refractivity contribution in [1.29, 1.82) is 0 Å². The molecule has 0 spiro atoms. The zero-order valence-electron chi connectivity index (χ0n) is 14.5. The second-order valence-corrected chi connectivity index (χ2v) is 9.83. The number of rotatable bonds is 6. The zero-order valence-corrected chi connectivity index (χ0v) is 15.3. The quantitative estimate of drug-likeness (QED) is 0.808. The van der Waals surface area contributed by atoms with Gasteiger partial charge in [-0.15, -0.1) is 0 Å². The number of hydrogen-bond donors (Lipinski definition) is 1. The average Bonchev–Trinajstić information content (AvgIpc) is 2.52. The molecule has 0 aromatic carbocycles. The Hall–Kier alpha value is -1.14. The molecule has 1 fully saturated rings. The van der Waals surface area contributed by atoms with Crippen molar-refractivity contribution in [2.75, 3.05) is 31.5 Å². The predicted molar refractivity (Wildman–Crippen MR) is 94.6 cm³/mol. The smallest absolute Gasteiger partial charge is 0.200 e. The minimum absolute atomic E-state index is 0.142. The van der Waals surface area contributed by atoms with Crippen LogP contribution in [0.25, 0.3) is 0 Å². The van der Waals surface area contributed by atoms with E-state index in [2.05, 4.69) is 15.2 Å². The molecule has 130 valence electrons. The van der Waals surface area contributed by atoms with Crippen molar-refractivity contribution >= 4 is 15.5 Å². The van der Waals surface area contributed by atoms with E-state index in [1.807, 2.05) is 0 Å². The first-order chi connectivity index (χ1) is 10.8. The average molecular weight is 340 g/mol. The molecular formula is C17H29N3O2S. The first kappa shape index (κ1) is 18.2. The summed E-state index contributed by atoms with van der Waals surface area (Å²) in [6, 6.07) is 3.39. The van der Waals surface area contributed by atoms with Gasteiger partial charge in [-0.1, -0.05) is 6.42 Å². The van der Waals surface area contributed by atoms with Crippen LogP contribution in [0, 0.1) is 0 Å². The lowest BCUT2D eigenvalue weighted by molar-refractivity contribution is 0.228. The van der Waals surface area contributed by atoms with E-state index in [1.54, 1.807) is 39.1 Å². The van der Waals surface area contributed by atoms with E-state index < -0.39 is 14.6 Å². The van der Waals surface area contributed by atoms with Gasteiger partial charge in [0.25, 0.3) is 0 Å². The van der Waals surface area contributed by atoms with Crippen molar-refractivity contribution < 1.29 is 8.42 Å². The van der Waals surface area contributed by atoms with Gasteiger partial charge in [-0.2, -0.15) is 0 Å². The minimum Gasteiger partial charge on any atom is -0.384 e. The van der Waals surface area contributed by atoms with Crippen molar-refractivity contribution in [3.05, 3.63) is 18.3 Å². The molecule has 1 aliphatic rings. The van der Waals surface area contributed by atoms with Crippen molar-refractivity contribution in [2.24, 2.45) is 0 Å². The Balaban J connectivity index is 1.81. The molecular weight excluding hydrogens is 310 g/mol. The lowest BCUT2D eigenvalue weighted by atomic mass is 10.1. The van der Waals surface area contributed by atoms with E-state index in [9.17, 15) is 8.42 Å². The van der Waals surface area contributed by atoms with Crippen LogP contribution in [0.1, 0.15) is 46.5 Å². The Morgan fingerprint density at radius 2 is 1.87 bits per heavy atom. The molecule has 0 radical (unpaired) electrons. The Kier molecular flexibility index (Phi) is 6.03. The fourth-order valence-corrected chi connectivity index (χ4v) is 3.74. The Morgan fingerprint density at radius 1 is 1.17 bits per heavy atom. The van der Waals surface area contributed by atoms with Crippen molar-refractivity contribution in [1.82, 2.24) is 9.88 Å². The van der Waals surface area contributed by atoms with Gasteiger partial charge in [0.05, 0.1) is 16.6 Å². The van der Waals surface area contributed by atoms with Crippen LogP contribution in [-0.2, 0) is 9.84 Å². The van der Waals surface area contributed by atoms with Gasteiger partial charge < -0.3 is 10.2 Å². The van der Waals surface area contributed by atoms with Gasteiger partial charge in [0.15, 0.2) is 14.9 Å². The summed E-state index contributed by atoms with van der Waals surface area (Å²) in [6.07, 6.45) is 6.70. The summed E-state index contributed by atoms with van der Waals surface area (Å²) in [4.78, 5) is 6.64. The highest BCUT2D eigenvalue weighted by atomic mass is 32.2. The first-order valence-corrected chi connectivity index (χ1v) is 9.96. The molecule has 1 aliphatic heterocycles. The molecule has 0 atom stereocenters. The molecule has 0 amide bonds. The van der Waals surface area contributed by atoms with E-state index in [1.165, 1.54) is 32.4 Å². The summed E-state index contributed by atoms with van der Waals surface area (Å²) < 4.78 is 23.8. The van der Waals surface area contributed by atoms with E-state index >= 15 is 0 Å². The van der Waals surface area contributed by atoms with E-state index in [4.69, 9.17) is 0 Å². The van der Waals surface area contributed by atoms with Crippen LogP contribution in [0.15, 0.2) is 23.4 Å². The molecule has 2 heterocycles. The van der Waals surface area contributed by atoms with Crippen LogP contribution in [0.3, 0.4) is 0 Å². The summed E-state index contributed by atoms with van der Waals surface area (Å²) in [7, 11) is -3.38. The van der Waals surface area contributed by atoms with Gasteiger partial charge in [-0.05, 0) is 71.8 Å². The maximum atomic E-state index is 12.3. The minimum atomic E-state index is -3.38. The largest absolute Gasteiger partial charge is 0.384 e. The van der Waals surface area contributed by atoms with Gasteiger partial charge in [0.2, 0.25) is 0 Å². The summed E-state index contributed by atoms with van der Waals surface area (Å²) in [6.45, 7) is 9.52. The maximum Gasteiger partial charge on any atom is 0.200 e. The van der Waals surface area contributed by atoms with Crippen LogP contribution >= 0.6 is 0 Å². The van der Waals surface area contributed by atoms with Gasteiger partial charge in [0, 0.05) is 6.54 Å². The number of pyridine rings is 1. The molecule has 1 aromatic heterocycles. The van der Waals surface area contributed by atoms with Crippen LogP contribution in [0.4, 0.5) is 5.69 Å². The second-order valence-electron chi connectivity index (χ2n) is 7.18. The molecule has 6 heteroatoms. The maximum absolute atomic E-state index is 12.3. The molecule has 1 N–H and O–H groups in total. The topological polar surface area (TPSA) is 62.3 Å². The lowest BCUT2D eigenvalue weighted by Gasteiger charge is -2.26. The fraction of sp³-hybridized carbons (Fsp3) is 0.706. The predicted octanol–water partition coefficient (Wildman–Crippen LogP) is 2.94. The van der Waals surface area contributed by atoms with Crippen LogP contribution in [-0.4, -0.2) is 49.2 Å². The number of sulfone groups is 1. The second kappa shape index (κ2) is 7.62. The summed E-state index contributed by atoms with van der Waals surface area (Å²) >= 11 is 0. The number of hydrogen-bond acceptors (Lipinski definition) is 5. The molecule has 5 nitrogen and oxygen atoms in total. The number of nitrogens with one attached hydrogen (secondary N) is 1. The van der Waals surface area contributed by atoms with Crippen molar-refractivity contribution in [2.45, 2.75) is 56.2 Å². The standard InChI is InChI=1S/C17H29N3O2S/c1-17(2,3)23(21,22)16-9-8-15(14-19-16)18-10-7-13-20-11-5-4-6-12-20/h8-9,14,18H,4-7,10-13H2,1-3H3. The highest BCUT2D eigenvalue weighted by Gasteiger charge is 2.31. The Labute approximate surface area is 140 Å². The summed E-state index contributed by atoms with van der Waals surface area (Å²) in [5, 5.41) is 3.46. The molecule has 0 bridgehead atoms. The number of nitrogens with zero attached hydrogens (tertiary/aromatic N) is 2. The molecule has 0 unspecified atom stereocenters. The first-order valence-electron chi connectivity index (χ1n) is 8.47. The highest BCUT2D eigenvalue weighted by molar-refractivity contribution is 7.92. The van der Waals surface area contributed by atoms with Crippen molar-refractivity contribution in [3.63, 3.8) is 0 Å². The molecule has 0 aliphatic carbocycles. The molecule has 1 aromatic rings. The highest BCUT2D eigenvalue weighted by Crippen LogP contribution is 2.23. The van der Waals surface area contributed by atoms with E-state index in [-0.39, 0.29) is 5.03 Å².